The summed E-state index contributed by atoms with van der Waals surface area (Å²) in [4.78, 5) is 0. The zero-order valence-electron chi connectivity index (χ0n) is 12.5. The van der Waals surface area contributed by atoms with Crippen molar-refractivity contribution in [1.82, 2.24) is 0 Å². The van der Waals surface area contributed by atoms with Crippen LogP contribution in [0.3, 0.4) is 0 Å². The SMILES string of the molecule is CC(C1=COC(Oc2ccc(F)cc2)CC1)c1ccccc1. The Morgan fingerprint density at radius 2 is 1.82 bits per heavy atom. The van der Waals surface area contributed by atoms with Crippen LogP contribution in [-0.2, 0) is 4.74 Å². The maximum atomic E-state index is 12.9. The Kier molecular flexibility index (Phi) is 4.42. The second-order valence-corrected chi connectivity index (χ2v) is 5.50. The molecule has 22 heavy (non-hydrogen) atoms. The fraction of sp³-hybridized carbons (Fsp3) is 0.263. The molecule has 2 aromatic rings. The third-order valence-corrected chi connectivity index (χ3v) is 3.98. The van der Waals surface area contributed by atoms with E-state index in [-0.39, 0.29) is 12.1 Å². The first-order valence-corrected chi connectivity index (χ1v) is 7.54. The Labute approximate surface area is 130 Å². The molecule has 0 saturated carbocycles. The summed E-state index contributed by atoms with van der Waals surface area (Å²) in [6.07, 6.45) is 3.23. The summed E-state index contributed by atoms with van der Waals surface area (Å²) in [5.74, 6) is 0.697. The highest BCUT2D eigenvalue weighted by Crippen LogP contribution is 2.31. The van der Waals surface area contributed by atoms with Gasteiger partial charge in [-0.25, -0.2) is 4.39 Å². The van der Waals surface area contributed by atoms with E-state index in [0.29, 0.717) is 11.7 Å². The average Bonchev–Trinajstić information content (AvgIpc) is 2.58. The van der Waals surface area contributed by atoms with Crippen molar-refractivity contribution in [2.75, 3.05) is 0 Å². The molecule has 0 N–H and O–H groups in total. The molecule has 0 bridgehead atoms. The zero-order chi connectivity index (χ0) is 15.4. The van der Waals surface area contributed by atoms with Gasteiger partial charge in [-0.1, -0.05) is 37.3 Å². The van der Waals surface area contributed by atoms with Gasteiger partial charge in [0.05, 0.1) is 6.26 Å². The fourth-order valence-corrected chi connectivity index (χ4v) is 2.60. The summed E-state index contributed by atoms with van der Waals surface area (Å²) in [6, 6.07) is 16.4. The minimum Gasteiger partial charge on any atom is -0.463 e. The predicted molar refractivity (Wildman–Crippen MR) is 84.1 cm³/mol. The Bertz CT molecular complexity index is 634. The van der Waals surface area contributed by atoms with Crippen molar-refractivity contribution < 1.29 is 13.9 Å². The van der Waals surface area contributed by atoms with E-state index in [1.807, 2.05) is 12.3 Å². The highest BCUT2D eigenvalue weighted by atomic mass is 19.1. The van der Waals surface area contributed by atoms with Crippen LogP contribution in [0.4, 0.5) is 4.39 Å². The maximum absolute atomic E-state index is 12.9. The number of halogens is 1. The maximum Gasteiger partial charge on any atom is 0.240 e. The standard InChI is InChI=1S/C19H19FO2/c1-14(15-5-3-2-4-6-15)16-7-12-19(21-13-16)22-18-10-8-17(20)9-11-18/h2-6,8-11,13-14,19H,7,12H2,1H3. The van der Waals surface area contributed by atoms with Gasteiger partial charge in [0.15, 0.2) is 0 Å². The molecule has 0 amide bonds. The van der Waals surface area contributed by atoms with Crippen LogP contribution in [0.25, 0.3) is 0 Å². The molecule has 2 aromatic carbocycles. The molecule has 2 nitrogen and oxygen atoms in total. The molecule has 0 aromatic heterocycles. The number of rotatable bonds is 4. The number of benzene rings is 2. The number of hydrogen-bond donors (Lipinski definition) is 0. The molecule has 2 unspecified atom stereocenters. The first-order chi connectivity index (χ1) is 10.7. The van der Waals surface area contributed by atoms with E-state index in [9.17, 15) is 4.39 Å². The zero-order valence-corrected chi connectivity index (χ0v) is 12.5. The van der Waals surface area contributed by atoms with E-state index in [0.717, 1.165) is 12.8 Å². The number of ether oxygens (including phenoxy) is 2. The largest absolute Gasteiger partial charge is 0.463 e. The van der Waals surface area contributed by atoms with Gasteiger partial charge in [0, 0.05) is 12.3 Å². The van der Waals surface area contributed by atoms with E-state index in [4.69, 9.17) is 9.47 Å². The van der Waals surface area contributed by atoms with Crippen molar-refractivity contribution in [3.05, 3.63) is 77.8 Å². The molecule has 114 valence electrons. The highest BCUT2D eigenvalue weighted by Gasteiger charge is 2.21. The average molecular weight is 298 g/mol. The van der Waals surface area contributed by atoms with Crippen LogP contribution >= 0.6 is 0 Å². The molecule has 0 fully saturated rings. The summed E-state index contributed by atoms with van der Waals surface area (Å²) in [7, 11) is 0. The molecule has 1 heterocycles. The molecule has 0 saturated heterocycles. The van der Waals surface area contributed by atoms with Crippen molar-refractivity contribution in [2.45, 2.75) is 32.0 Å². The monoisotopic (exact) mass is 298 g/mol. The lowest BCUT2D eigenvalue weighted by Gasteiger charge is -2.26. The summed E-state index contributed by atoms with van der Waals surface area (Å²) in [6.45, 7) is 2.19. The lowest BCUT2D eigenvalue weighted by atomic mass is 9.90. The molecule has 1 aliphatic heterocycles. The third kappa shape index (κ3) is 3.48. The van der Waals surface area contributed by atoms with Crippen LogP contribution in [0.2, 0.25) is 0 Å². The first-order valence-electron chi connectivity index (χ1n) is 7.54. The van der Waals surface area contributed by atoms with E-state index < -0.39 is 0 Å². The van der Waals surface area contributed by atoms with Crippen LogP contribution in [0.1, 0.15) is 31.2 Å². The van der Waals surface area contributed by atoms with Gasteiger partial charge in [0.2, 0.25) is 6.29 Å². The summed E-state index contributed by atoms with van der Waals surface area (Å²) in [5.41, 5.74) is 2.56. The van der Waals surface area contributed by atoms with Crippen molar-refractivity contribution in [3.8, 4) is 5.75 Å². The minimum absolute atomic E-state index is 0.268. The van der Waals surface area contributed by atoms with Crippen molar-refractivity contribution in [1.29, 1.82) is 0 Å². The van der Waals surface area contributed by atoms with Crippen molar-refractivity contribution in [2.24, 2.45) is 0 Å². The Balaban J connectivity index is 1.61. The Hall–Kier alpha value is -2.29. The van der Waals surface area contributed by atoms with Gasteiger partial charge >= 0.3 is 0 Å². The van der Waals surface area contributed by atoms with Gasteiger partial charge in [-0.3, -0.25) is 0 Å². The lowest BCUT2D eigenvalue weighted by Crippen LogP contribution is -2.22. The van der Waals surface area contributed by atoms with E-state index in [1.165, 1.54) is 23.3 Å². The Morgan fingerprint density at radius 3 is 2.45 bits per heavy atom. The van der Waals surface area contributed by atoms with Gasteiger partial charge in [-0.05, 0) is 41.8 Å². The quantitative estimate of drug-likeness (QED) is 0.788. The molecular formula is C19H19FO2. The van der Waals surface area contributed by atoms with E-state index in [2.05, 4.69) is 31.2 Å². The van der Waals surface area contributed by atoms with E-state index >= 15 is 0 Å². The van der Waals surface area contributed by atoms with Crippen LogP contribution in [0.15, 0.2) is 66.4 Å². The predicted octanol–water partition coefficient (Wildman–Crippen LogP) is 5.03. The topological polar surface area (TPSA) is 18.5 Å². The minimum atomic E-state index is -0.308. The normalized spacial score (nSPS) is 19.0. The second kappa shape index (κ2) is 6.65. The van der Waals surface area contributed by atoms with E-state index in [1.54, 1.807) is 12.1 Å². The summed E-state index contributed by atoms with van der Waals surface area (Å²) < 4.78 is 24.3. The van der Waals surface area contributed by atoms with Gasteiger partial charge < -0.3 is 9.47 Å². The van der Waals surface area contributed by atoms with Crippen molar-refractivity contribution in [3.63, 3.8) is 0 Å². The second-order valence-electron chi connectivity index (χ2n) is 5.50. The number of hydrogen-bond acceptors (Lipinski definition) is 2. The molecule has 3 heteroatoms. The van der Waals surface area contributed by atoms with Crippen LogP contribution in [0, 0.1) is 5.82 Å². The fourth-order valence-electron chi connectivity index (χ4n) is 2.60. The molecule has 2 atom stereocenters. The molecule has 0 aliphatic carbocycles. The molecule has 3 rings (SSSR count). The van der Waals surface area contributed by atoms with Gasteiger partial charge in [0.1, 0.15) is 11.6 Å². The van der Waals surface area contributed by atoms with Crippen LogP contribution < -0.4 is 4.74 Å². The molecule has 1 aliphatic rings. The van der Waals surface area contributed by atoms with Gasteiger partial charge in [-0.2, -0.15) is 0 Å². The van der Waals surface area contributed by atoms with Crippen molar-refractivity contribution >= 4 is 0 Å². The van der Waals surface area contributed by atoms with Gasteiger partial charge in [0.25, 0.3) is 0 Å². The smallest absolute Gasteiger partial charge is 0.240 e. The lowest BCUT2D eigenvalue weighted by molar-refractivity contribution is -0.0446. The summed E-state index contributed by atoms with van der Waals surface area (Å²) >= 11 is 0. The van der Waals surface area contributed by atoms with Crippen LogP contribution in [-0.4, -0.2) is 6.29 Å². The Morgan fingerprint density at radius 1 is 1.09 bits per heavy atom. The highest BCUT2D eigenvalue weighted by molar-refractivity contribution is 5.28. The first kappa shape index (κ1) is 14.6. The molecular weight excluding hydrogens is 279 g/mol. The number of allylic oxidation sites excluding steroid dienone is 1. The van der Waals surface area contributed by atoms with Crippen LogP contribution in [0.5, 0.6) is 5.75 Å². The molecule has 0 radical (unpaired) electrons. The third-order valence-electron chi connectivity index (χ3n) is 3.98. The molecule has 0 spiro atoms. The van der Waals surface area contributed by atoms with Gasteiger partial charge in [-0.15, -0.1) is 0 Å². The summed E-state index contributed by atoms with van der Waals surface area (Å²) in [5, 5.41) is 0.